The average molecular weight is 226 g/mol. The molecule has 1 atom stereocenters. The lowest BCUT2D eigenvalue weighted by atomic mass is 10.1. The van der Waals surface area contributed by atoms with Gasteiger partial charge in [-0.1, -0.05) is 5.16 Å². The Labute approximate surface area is 94.6 Å². The molecule has 0 fully saturated rings. The first-order chi connectivity index (χ1) is 7.58. The van der Waals surface area contributed by atoms with Gasteiger partial charge in [-0.3, -0.25) is 4.79 Å². The summed E-state index contributed by atoms with van der Waals surface area (Å²) >= 11 is 0. The van der Waals surface area contributed by atoms with Crippen molar-refractivity contribution in [1.82, 2.24) is 15.5 Å². The first-order valence-electron chi connectivity index (χ1n) is 5.39. The van der Waals surface area contributed by atoms with Crippen molar-refractivity contribution in [3.63, 3.8) is 0 Å². The highest BCUT2D eigenvalue weighted by molar-refractivity contribution is 5.75. The van der Waals surface area contributed by atoms with Crippen LogP contribution < -0.4 is 11.1 Å². The van der Waals surface area contributed by atoms with Gasteiger partial charge >= 0.3 is 0 Å². The molecular weight excluding hydrogens is 208 g/mol. The van der Waals surface area contributed by atoms with Gasteiger partial charge in [0.25, 0.3) is 0 Å². The quantitative estimate of drug-likeness (QED) is 0.737. The number of nitrogens with two attached hydrogens (primary N) is 1. The third-order valence-electron chi connectivity index (χ3n) is 2.07. The molecule has 0 bridgehead atoms. The van der Waals surface area contributed by atoms with Crippen LogP contribution >= 0.6 is 0 Å². The Hall–Kier alpha value is -1.43. The van der Waals surface area contributed by atoms with Gasteiger partial charge in [-0.15, -0.1) is 0 Å². The van der Waals surface area contributed by atoms with E-state index < -0.39 is 0 Å². The molecule has 1 heterocycles. The predicted molar refractivity (Wildman–Crippen MR) is 58.4 cm³/mol. The Morgan fingerprint density at radius 1 is 1.62 bits per heavy atom. The van der Waals surface area contributed by atoms with E-state index in [1.807, 2.05) is 6.92 Å². The molecule has 1 unspecified atom stereocenters. The standard InChI is InChI=1S/C10H18N4O2/c1-7(11)4-3-5-9(15)12-6-10-13-8(2)14-16-10/h7H,3-6,11H2,1-2H3,(H,12,15). The molecular formula is C10H18N4O2. The van der Waals surface area contributed by atoms with Gasteiger partial charge in [0, 0.05) is 12.5 Å². The molecule has 0 saturated carbocycles. The zero-order chi connectivity index (χ0) is 12.0. The second kappa shape index (κ2) is 6.22. The molecule has 1 aromatic heterocycles. The number of hydrogen-bond acceptors (Lipinski definition) is 5. The van der Waals surface area contributed by atoms with Gasteiger partial charge in [-0.2, -0.15) is 4.98 Å². The fourth-order valence-corrected chi connectivity index (χ4v) is 1.26. The predicted octanol–water partition coefficient (Wildman–Crippen LogP) is 0.512. The van der Waals surface area contributed by atoms with Gasteiger partial charge in [-0.25, -0.2) is 0 Å². The summed E-state index contributed by atoms with van der Waals surface area (Å²) < 4.78 is 4.86. The number of carbonyl (C=O) groups excluding carboxylic acids is 1. The highest BCUT2D eigenvalue weighted by atomic mass is 16.5. The van der Waals surface area contributed by atoms with E-state index in [0.29, 0.717) is 18.1 Å². The molecule has 0 radical (unpaired) electrons. The molecule has 90 valence electrons. The van der Waals surface area contributed by atoms with Crippen LogP contribution in [0.25, 0.3) is 0 Å². The number of aryl methyl sites for hydroxylation is 1. The molecule has 3 N–H and O–H groups in total. The molecule has 6 nitrogen and oxygen atoms in total. The van der Waals surface area contributed by atoms with Crippen LogP contribution in [0.2, 0.25) is 0 Å². The molecule has 6 heteroatoms. The second-order valence-electron chi connectivity index (χ2n) is 3.88. The van der Waals surface area contributed by atoms with Crippen LogP contribution in [0.5, 0.6) is 0 Å². The van der Waals surface area contributed by atoms with Gasteiger partial charge in [0.2, 0.25) is 11.8 Å². The smallest absolute Gasteiger partial charge is 0.246 e. The lowest BCUT2D eigenvalue weighted by molar-refractivity contribution is -0.121. The maximum Gasteiger partial charge on any atom is 0.246 e. The van der Waals surface area contributed by atoms with E-state index in [4.69, 9.17) is 10.3 Å². The zero-order valence-electron chi connectivity index (χ0n) is 9.69. The van der Waals surface area contributed by atoms with Gasteiger partial charge in [-0.05, 0) is 26.7 Å². The first kappa shape index (κ1) is 12.6. The van der Waals surface area contributed by atoms with Gasteiger partial charge < -0.3 is 15.6 Å². The van der Waals surface area contributed by atoms with Crippen molar-refractivity contribution in [2.75, 3.05) is 0 Å². The molecule has 0 saturated heterocycles. The van der Waals surface area contributed by atoms with E-state index in [1.54, 1.807) is 6.92 Å². The van der Waals surface area contributed by atoms with Crippen LogP contribution in [0.15, 0.2) is 4.52 Å². The fraction of sp³-hybridized carbons (Fsp3) is 0.700. The van der Waals surface area contributed by atoms with Crippen molar-refractivity contribution in [2.45, 2.75) is 45.7 Å². The molecule has 0 aliphatic carbocycles. The van der Waals surface area contributed by atoms with E-state index in [9.17, 15) is 4.79 Å². The van der Waals surface area contributed by atoms with Crippen molar-refractivity contribution >= 4 is 5.91 Å². The molecule has 0 aliphatic heterocycles. The van der Waals surface area contributed by atoms with Crippen LogP contribution in [0.1, 0.15) is 37.9 Å². The van der Waals surface area contributed by atoms with Gasteiger partial charge in [0.1, 0.15) is 0 Å². The fourth-order valence-electron chi connectivity index (χ4n) is 1.26. The summed E-state index contributed by atoms with van der Waals surface area (Å²) in [4.78, 5) is 15.3. The minimum Gasteiger partial charge on any atom is -0.347 e. The van der Waals surface area contributed by atoms with Crippen molar-refractivity contribution in [1.29, 1.82) is 0 Å². The molecule has 1 rings (SSSR count). The normalized spacial score (nSPS) is 12.4. The van der Waals surface area contributed by atoms with Crippen molar-refractivity contribution < 1.29 is 9.32 Å². The Kier molecular flexibility index (Phi) is 4.91. The second-order valence-corrected chi connectivity index (χ2v) is 3.88. The van der Waals surface area contributed by atoms with Crippen LogP contribution in [0.3, 0.4) is 0 Å². The molecule has 1 amide bonds. The Bertz CT molecular complexity index is 335. The highest BCUT2D eigenvalue weighted by Gasteiger charge is 2.06. The first-order valence-corrected chi connectivity index (χ1v) is 5.39. The number of rotatable bonds is 6. The van der Waals surface area contributed by atoms with Crippen LogP contribution in [0, 0.1) is 6.92 Å². The molecule has 0 aliphatic rings. The number of nitrogens with one attached hydrogen (secondary N) is 1. The number of aromatic nitrogens is 2. The summed E-state index contributed by atoms with van der Waals surface area (Å²) in [5.74, 6) is 0.982. The zero-order valence-corrected chi connectivity index (χ0v) is 9.69. The van der Waals surface area contributed by atoms with E-state index in [0.717, 1.165) is 12.8 Å². The lowest BCUT2D eigenvalue weighted by Gasteiger charge is -2.04. The topological polar surface area (TPSA) is 94.0 Å². The largest absolute Gasteiger partial charge is 0.347 e. The number of carbonyl (C=O) groups is 1. The van der Waals surface area contributed by atoms with E-state index >= 15 is 0 Å². The third kappa shape index (κ3) is 4.88. The van der Waals surface area contributed by atoms with Crippen LogP contribution in [-0.2, 0) is 11.3 Å². The lowest BCUT2D eigenvalue weighted by Crippen LogP contribution is -2.23. The van der Waals surface area contributed by atoms with E-state index in [1.165, 1.54) is 0 Å². The van der Waals surface area contributed by atoms with Crippen LogP contribution in [0.4, 0.5) is 0 Å². The minimum absolute atomic E-state index is 0.0171. The van der Waals surface area contributed by atoms with Crippen molar-refractivity contribution in [2.24, 2.45) is 5.73 Å². The van der Waals surface area contributed by atoms with E-state index in [2.05, 4.69) is 15.5 Å². The van der Waals surface area contributed by atoms with Gasteiger partial charge in [0.05, 0.1) is 6.54 Å². The minimum atomic E-state index is -0.0171. The summed E-state index contributed by atoms with van der Waals surface area (Å²) in [6.07, 6.45) is 2.13. The number of hydrogen-bond donors (Lipinski definition) is 2. The summed E-state index contributed by atoms with van der Waals surface area (Å²) in [5.41, 5.74) is 5.58. The maximum atomic E-state index is 11.4. The summed E-state index contributed by atoms with van der Waals surface area (Å²) in [5, 5.41) is 6.34. The average Bonchev–Trinajstić information content (AvgIpc) is 2.61. The maximum absolute atomic E-state index is 11.4. The summed E-state index contributed by atoms with van der Waals surface area (Å²) in [7, 11) is 0. The highest BCUT2D eigenvalue weighted by Crippen LogP contribution is 1.99. The van der Waals surface area contributed by atoms with Crippen molar-refractivity contribution in [3.05, 3.63) is 11.7 Å². The Balaban J connectivity index is 2.15. The number of nitrogens with zero attached hydrogens (tertiary/aromatic N) is 2. The monoisotopic (exact) mass is 226 g/mol. The summed E-state index contributed by atoms with van der Waals surface area (Å²) in [6, 6.07) is 0.145. The SMILES string of the molecule is Cc1noc(CNC(=O)CCCC(C)N)n1. The Morgan fingerprint density at radius 3 is 2.94 bits per heavy atom. The third-order valence-corrected chi connectivity index (χ3v) is 2.07. The van der Waals surface area contributed by atoms with E-state index in [-0.39, 0.29) is 18.5 Å². The Morgan fingerprint density at radius 2 is 2.38 bits per heavy atom. The molecule has 0 aromatic carbocycles. The van der Waals surface area contributed by atoms with Crippen LogP contribution in [-0.4, -0.2) is 22.1 Å². The van der Waals surface area contributed by atoms with Gasteiger partial charge in [0.15, 0.2) is 5.82 Å². The molecule has 0 spiro atoms. The summed E-state index contributed by atoms with van der Waals surface area (Å²) in [6.45, 7) is 3.95. The van der Waals surface area contributed by atoms with Crippen molar-refractivity contribution in [3.8, 4) is 0 Å². The number of amides is 1. The molecule has 16 heavy (non-hydrogen) atoms. The molecule has 1 aromatic rings.